The zero-order chi connectivity index (χ0) is 9.54. The van der Waals surface area contributed by atoms with Gasteiger partial charge in [-0.1, -0.05) is 0 Å². The van der Waals surface area contributed by atoms with Gasteiger partial charge in [-0.05, 0) is 6.07 Å². The molecule has 0 aliphatic carbocycles. The lowest BCUT2D eigenvalue weighted by Gasteiger charge is -2.04. The summed E-state index contributed by atoms with van der Waals surface area (Å²) in [5.74, 6) is 0. The molecule has 3 heterocycles. The number of anilines is 1. The Morgan fingerprint density at radius 3 is 3.36 bits per heavy atom. The number of hydrogen-bond donors (Lipinski definition) is 2. The van der Waals surface area contributed by atoms with Gasteiger partial charge in [-0.3, -0.25) is 4.98 Å². The maximum atomic E-state index is 11.6. The Kier molecular flexibility index (Phi) is 1.37. The average molecular weight is 188 g/mol. The Labute approximate surface area is 79.9 Å². The molecule has 2 aromatic rings. The van der Waals surface area contributed by atoms with Crippen LogP contribution in [0.25, 0.3) is 10.9 Å². The first-order valence-electron chi connectivity index (χ1n) is 4.34. The van der Waals surface area contributed by atoms with E-state index in [2.05, 4.69) is 15.8 Å². The van der Waals surface area contributed by atoms with Gasteiger partial charge >= 0.3 is 0 Å². The van der Waals surface area contributed by atoms with Gasteiger partial charge in [0.2, 0.25) is 5.52 Å². The van der Waals surface area contributed by atoms with Crippen molar-refractivity contribution in [2.45, 2.75) is 6.54 Å². The minimum atomic E-state index is 0.586. The van der Waals surface area contributed by atoms with E-state index in [0.29, 0.717) is 12.1 Å². The van der Waals surface area contributed by atoms with E-state index in [1.165, 1.54) is 0 Å². The highest BCUT2D eigenvalue weighted by atomic mass is 16.5. The van der Waals surface area contributed by atoms with Crippen molar-refractivity contribution in [1.29, 1.82) is 0 Å². The second-order valence-electron chi connectivity index (χ2n) is 3.23. The number of hydrogen-bond acceptors (Lipinski definition) is 4. The number of nitrogens with one attached hydrogen (secondary N) is 2. The second kappa shape index (κ2) is 2.55. The maximum Gasteiger partial charge on any atom is 0.244 e. The number of fused-ring (bicyclic) bond motifs is 3. The minimum absolute atomic E-state index is 0.586. The summed E-state index contributed by atoms with van der Waals surface area (Å²) in [6.45, 7) is 0.676. The van der Waals surface area contributed by atoms with E-state index < -0.39 is 0 Å². The summed E-state index contributed by atoms with van der Waals surface area (Å²) in [5.41, 5.74) is 8.58. The van der Waals surface area contributed by atoms with Crippen LogP contribution in [0, 0.1) is 5.21 Å². The van der Waals surface area contributed by atoms with Crippen LogP contribution in [0.1, 0.15) is 5.56 Å². The molecule has 0 radical (unpaired) electrons. The molecule has 0 aromatic carbocycles. The van der Waals surface area contributed by atoms with Gasteiger partial charge in [-0.15, -0.1) is 0 Å². The van der Waals surface area contributed by atoms with Crippen LogP contribution < -0.4 is 15.6 Å². The molecular formula is C9H8N4O. The molecule has 0 unspecified atom stereocenters. The van der Waals surface area contributed by atoms with Gasteiger partial charge < -0.3 is 10.6 Å². The van der Waals surface area contributed by atoms with E-state index in [1.54, 1.807) is 18.6 Å². The van der Waals surface area contributed by atoms with Crippen molar-refractivity contribution in [1.82, 2.24) is 10.4 Å². The van der Waals surface area contributed by atoms with Crippen molar-refractivity contribution in [3.63, 3.8) is 0 Å². The van der Waals surface area contributed by atoms with E-state index in [-0.39, 0.29) is 0 Å². The molecule has 0 saturated heterocycles. The van der Waals surface area contributed by atoms with Crippen molar-refractivity contribution >= 4 is 16.6 Å². The lowest BCUT2D eigenvalue weighted by atomic mass is 10.1. The highest BCUT2D eigenvalue weighted by molar-refractivity contribution is 5.90. The molecule has 0 amide bonds. The smallest absolute Gasteiger partial charge is 0.244 e. The molecule has 2 aromatic heterocycles. The Balaban J connectivity index is 2.47. The number of pyridine rings is 2. The quantitative estimate of drug-likeness (QED) is 0.461. The highest BCUT2D eigenvalue weighted by Crippen LogP contribution is 2.26. The molecule has 0 atom stereocenters. The topological polar surface area (TPSA) is 63.9 Å². The first-order valence-corrected chi connectivity index (χ1v) is 4.34. The van der Waals surface area contributed by atoms with E-state index in [1.807, 2.05) is 6.07 Å². The number of nitrogens with zero attached hydrogens (tertiary/aromatic N) is 2. The van der Waals surface area contributed by atoms with E-state index in [9.17, 15) is 5.21 Å². The summed E-state index contributed by atoms with van der Waals surface area (Å²) >= 11 is 0. The van der Waals surface area contributed by atoms with Crippen molar-refractivity contribution < 1.29 is 4.73 Å². The summed E-state index contributed by atoms with van der Waals surface area (Å²) in [5, 5.41) is 12.5. The molecular weight excluding hydrogens is 180 g/mol. The van der Waals surface area contributed by atoms with Crippen LogP contribution in [-0.2, 0) is 6.54 Å². The van der Waals surface area contributed by atoms with Crippen LogP contribution in [0.5, 0.6) is 0 Å². The van der Waals surface area contributed by atoms with Crippen LogP contribution in [0.4, 0.5) is 5.69 Å². The van der Waals surface area contributed by atoms with Gasteiger partial charge in [0.15, 0.2) is 6.20 Å². The Hall–Kier alpha value is -1.88. The van der Waals surface area contributed by atoms with Gasteiger partial charge in [0.25, 0.3) is 0 Å². The third-order valence-corrected chi connectivity index (χ3v) is 2.39. The Bertz CT molecular complexity index is 511. The SMILES string of the molecule is [O-][n+]1cc2c(c3ccncc31)NNC2. The zero-order valence-corrected chi connectivity index (χ0v) is 7.32. The van der Waals surface area contributed by atoms with Crippen LogP contribution in [0.2, 0.25) is 0 Å². The van der Waals surface area contributed by atoms with Crippen molar-refractivity contribution in [3.8, 4) is 0 Å². The molecule has 1 aliphatic heterocycles. The normalized spacial score (nSPS) is 14.0. The fourth-order valence-corrected chi connectivity index (χ4v) is 1.73. The lowest BCUT2D eigenvalue weighted by Crippen LogP contribution is -2.27. The van der Waals surface area contributed by atoms with Gasteiger partial charge in [0, 0.05) is 12.7 Å². The minimum Gasteiger partial charge on any atom is -0.618 e. The molecule has 3 rings (SSSR count). The lowest BCUT2D eigenvalue weighted by molar-refractivity contribution is -0.577. The summed E-state index contributed by atoms with van der Waals surface area (Å²) in [4.78, 5) is 3.93. The monoisotopic (exact) mass is 188 g/mol. The summed E-state index contributed by atoms with van der Waals surface area (Å²) in [6.07, 6.45) is 4.83. The zero-order valence-electron chi connectivity index (χ0n) is 7.32. The number of rotatable bonds is 0. The molecule has 14 heavy (non-hydrogen) atoms. The molecule has 0 saturated carbocycles. The predicted octanol–water partition coefficient (Wildman–Crippen LogP) is 0.298. The van der Waals surface area contributed by atoms with E-state index in [4.69, 9.17) is 0 Å². The molecule has 0 fully saturated rings. The van der Waals surface area contributed by atoms with Gasteiger partial charge in [-0.25, -0.2) is 5.43 Å². The fraction of sp³-hybridized carbons (Fsp3) is 0.111. The first kappa shape index (κ1) is 7.52. The van der Waals surface area contributed by atoms with Crippen molar-refractivity contribution in [2.24, 2.45) is 0 Å². The van der Waals surface area contributed by atoms with Crippen LogP contribution in [-0.4, -0.2) is 4.98 Å². The third kappa shape index (κ3) is 0.869. The Morgan fingerprint density at radius 1 is 1.50 bits per heavy atom. The largest absolute Gasteiger partial charge is 0.618 e. The Morgan fingerprint density at radius 2 is 2.43 bits per heavy atom. The second-order valence-corrected chi connectivity index (χ2v) is 3.23. The highest BCUT2D eigenvalue weighted by Gasteiger charge is 2.18. The number of aromatic nitrogens is 2. The van der Waals surface area contributed by atoms with Gasteiger partial charge in [0.1, 0.15) is 6.20 Å². The molecule has 70 valence electrons. The van der Waals surface area contributed by atoms with E-state index >= 15 is 0 Å². The van der Waals surface area contributed by atoms with Gasteiger partial charge in [0.05, 0.1) is 16.6 Å². The number of hydrazine groups is 1. The standard InChI is InChI=1S/C9H8N4O/c14-13-5-6-3-11-12-9(6)7-1-2-10-4-8(7)13/h1-2,4-5,11-12H,3H2. The van der Waals surface area contributed by atoms with Gasteiger partial charge in [-0.2, -0.15) is 4.73 Å². The fourth-order valence-electron chi connectivity index (χ4n) is 1.73. The third-order valence-electron chi connectivity index (χ3n) is 2.39. The summed E-state index contributed by atoms with van der Waals surface area (Å²) in [6, 6.07) is 1.84. The maximum absolute atomic E-state index is 11.6. The predicted molar refractivity (Wildman–Crippen MR) is 51.2 cm³/mol. The molecule has 0 spiro atoms. The summed E-state index contributed by atoms with van der Waals surface area (Å²) in [7, 11) is 0. The van der Waals surface area contributed by atoms with Crippen molar-refractivity contribution in [2.75, 3.05) is 5.43 Å². The van der Waals surface area contributed by atoms with Crippen molar-refractivity contribution in [3.05, 3.63) is 35.4 Å². The molecule has 5 heteroatoms. The average Bonchev–Trinajstić information content (AvgIpc) is 2.66. The van der Waals surface area contributed by atoms with Crippen LogP contribution in [0.15, 0.2) is 24.7 Å². The molecule has 1 aliphatic rings. The molecule has 0 bridgehead atoms. The summed E-state index contributed by atoms with van der Waals surface area (Å²) < 4.78 is 0.857. The molecule has 5 nitrogen and oxygen atoms in total. The molecule has 2 N–H and O–H groups in total. The van der Waals surface area contributed by atoms with E-state index in [0.717, 1.165) is 21.4 Å². The van der Waals surface area contributed by atoms with Crippen LogP contribution >= 0.6 is 0 Å². The van der Waals surface area contributed by atoms with Crippen LogP contribution in [0.3, 0.4) is 0 Å². The first-order chi connectivity index (χ1) is 6.86.